The molecule has 0 aliphatic carbocycles. The van der Waals surface area contributed by atoms with Gasteiger partial charge in [-0.05, 0) is 24.6 Å². The number of carbonyl (C=O) groups is 2. The Morgan fingerprint density at radius 2 is 2.20 bits per heavy atom. The van der Waals surface area contributed by atoms with Crippen molar-refractivity contribution in [2.24, 2.45) is 0 Å². The minimum Gasteiger partial charge on any atom is -0.495 e. The highest BCUT2D eigenvalue weighted by atomic mass is 16.5. The Morgan fingerprint density at radius 1 is 1.40 bits per heavy atom. The molecule has 2 amide bonds. The largest absolute Gasteiger partial charge is 0.495 e. The summed E-state index contributed by atoms with van der Waals surface area (Å²) in [5.41, 5.74) is 1.30. The Balaban J connectivity index is 2.24. The summed E-state index contributed by atoms with van der Waals surface area (Å²) in [6.45, 7) is 0.661. The van der Waals surface area contributed by atoms with Gasteiger partial charge in [0.25, 0.3) is 0 Å². The Morgan fingerprint density at radius 3 is 2.80 bits per heavy atom. The van der Waals surface area contributed by atoms with E-state index in [2.05, 4.69) is 5.32 Å². The Bertz CT molecular complexity index is 516. The summed E-state index contributed by atoms with van der Waals surface area (Å²) in [7, 11) is 3.02. The molecule has 1 fully saturated rings. The van der Waals surface area contributed by atoms with E-state index in [-0.39, 0.29) is 18.4 Å². The van der Waals surface area contributed by atoms with Crippen molar-refractivity contribution in [3.05, 3.63) is 18.2 Å². The number of anilines is 2. The fraction of sp³-hybridized carbons (Fsp3) is 0.429. The van der Waals surface area contributed by atoms with Crippen molar-refractivity contribution in [2.75, 3.05) is 37.6 Å². The fourth-order valence-corrected chi connectivity index (χ4v) is 2.21. The molecule has 108 valence electrons. The van der Waals surface area contributed by atoms with E-state index in [1.807, 2.05) is 0 Å². The van der Waals surface area contributed by atoms with Crippen LogP contribution >= 0.6 is 0 Å². The maximum Gasteiger partial charge on any atom is 0.250 e. The predicted octanol–water partition coefficient (Wildman–Crippen LogP) is 1.41. The summed E-state index contributed by atoms with van der Waals surface area (Å²) >= 11 is 0. The molecule has 2 rings (SSSR count). The van der Waals surface area contributed by atoms with Crippen molar-refractivity contribution >= 4 is 23.2 Å². The second kappa shape index (κ2) is 6.38. The highest BCUT2D eigenvalue weighted by Crippen LogP contribution is 2.33. The molecule has 6 nitrogen and oxygen atoms in total. The molecular weight excluding hydrogens is 260 g/mol. The van der Waals surface area contributed by atoms with Gasteiger partial charge in [-0.3, -0.25) is 9.59 Å². The summed E-state index contributed by atoms with van der Waals surface area (Å²) in [6, 6.07) is 5.22. The van der Waals surface area contributed by atoms with E-state index < -0.39 is 0 Å². The predicted molar refractivity (Wildman–Crippen MR) is 75.1 cm³/mol. The number of hydrogen-bond donors (Lipinski definition) is 1. The number of nitrogens with zero attached hydrogens (tertiary/aromatic N) is 1. The molecule has 6 heteroatoms. The first kappa shape index (κ1) is 14.3. The summed E-state index contributed by atoms with van der Waals surface area (Å²) in [5, 5.41) is 2.72. The van der Waals surface area contributed by atoms with Gasteiger partial charge in [0.1, 0.15) is 12.4 Å². The lowest BCUT2D eigenvalue weighted by Gasteiger charge is -2.20. The van der Waals surface area contributed by atoms with E-state index in [9.17, 15) is 9.59 Å². The van der Waals surface area contributed by atoms with Gasteiger partial charge in [0.05, 0.1) is 12.8 Å². The molecule has 0 bridgehead atoms. The lowest BCUT2D eigenvalue weighted by atomic mass is 10.2. The molecule has 0 aromatic heterocycles. The Kier molecular flexibility index (Phi) is 4.57. The zero-order valence-corrected chi connectivity index (χ0v) is 11.6. The van der Waals surface area contributed by atoms with Gasteiger partial charge in [-0.15, -0.1) is 0 Å². The standard InChI is InChI=1S/C14H18N2O4/c1-19-9-13(17)15-10-5-6-12(20-2)11(8-10)16-7-3-4-14(16)18/h5-6,8H,3-4,7,9H2,1-2H3,(H,15,17). The molecule has 20 heavy (non-hydrogen) atoms. The lowest BCUT2D eigenvalue weighted by molar-refractivity contribution is -0.119. The first-order valence-electron chi connectivity index (χ1n) is 6.43. The van der Waals surface area contributed by atoms with Gasteiger partial charge in [0, 0.05) is 25.8 Å². The van der Waals surface area contributed by atoms with Crippen LogP contribution in [-0.2, 0) is 14.3 Å². The van der Waals surface area contributed by atoms with Crippen molar-refractivity contribution in [1.82, 2.24) is 0 Å². The topological polar surface area (TPSA) is 67.9 Å². The Hall–Kier alpha value is -2.08. The SMILES string of the molecule is COCC(=O)Nc1ccc(OC)c(N2CCCC2=O)c1. The number of nitrogens with one attached hydrogen (secondary N) is 1. The van der Waals surface area contributed by atoms with E-state index in [1.165, 1.54) is 7.11 Å². The van der Waals surface area contributed by atoms with Gasteiger partial charge in [0.2, 0.25) is 11.8 Å². The van der Waals surface area contributed by atoms with Crippen LogP contribution in [0.3, 0.4) is 0 Å². The fourth-order valence-electron chi connectivity index (χ4n) is 2.21. The molecule has 1 N–H and O–H groups in total. The molecule has 1 aromatic rings. The van der Waals surface area contributed by atoms with Crippen molar-refractivity contribution in [2.45, 2.75) is 12.8 Å². The molecule has 0 saturated carbocycles. The van der Waals surface area contributed by atoms with Crippen LogP contribution in [0.4, 0.5) is 11.4 Å². The van der Waals surface area contributed by atoms with E-state index in [4.69, 9.17) is 9.47 Å². The number of hydrogen-bond acceptors (Lipinski definition) is 4. The van der Waals surface area contributed by atoms with Crippen LogP contribution in [0.15, 0.2) is 18.2 Å². The second-order valence-corrected chi connectivity index (χ2v) is 4.52. The highest BCUT2D eigenvalue weighted by Gasteiger charge is 2.24. The molecule has 0 radical (unpaired) electrons. The van der Waals surface area contributed by atoms with Gasteiger partial charge < -0.3 is 19.7 Å². The maximum absolute atomic E-state index is 11.8. The van der Waals surface area contributed by atoms with Gasteiger partial charge in [-0.2, -0.15) is 0 Å². The van der Waals surface area contributed by atoms with Gasteiger partial charge in [0.15, 0.2) is 0 Å². The number of amides is 2. The molecular formula is C14H18N2O4. The second-order valence-electron chi connectivity index (χ2n) is 4.52. The zero-order valence-electron chi connectivity index (χ0n) is 11.6. The molecule has 1 saturated heterocycles. The third-order valence-electron chi connectivity index (χ3n) is 3.10. The quantitative estimate of drug-likeness (QED) is 0.884. The lowest BCUT2D eigenvalue weighted by Crippen LogP contribution is -2.24. The van der Waals surface area contributed by atoms with E-state index in [0.717, 1.165) is 6.42 Å². The summed E-state index contributed by atoms with van der Waals surface area (Å²) in [5.74, 6) is 0.449. The minimum absolute atomic E-state index is 0.00991. The molecule has 1 aliphatic rings. The van der Waals surface area contributed by atoms with Crippen LogP contribution in [0.25, 0.3) is 0 Å². The van der Waals surface area contributed by atoms with Crippen molar-refractivity contribution in [1.29, 1.82) is 0 Å². The van der Waals surface area contributed by atoms with Crippen LogP contribution in [0.2, 0.25) is 0 Å². The third-order valence-corrected chi connectivity index (χ3v) is 3.10. The molecule has 1 aromatic carbocycles. The minimum atomic E-state index is -0.239. The van der Waals surface area contributed by atoms with E-state index in [1.54, 1.807) is 30.2 Å². The number of ether oxygens (including phenoxy) is 2. The molecule has 0 spiro atoms. The Labute approximate surface area is 117 Å². The van der Waals surface area contributed by atoms with Crippen LogP contribution < -0.4 is 15.0 Å². The van der Waals surface area contributed by atoms with E-state index >= 15 is 0 Å². The summed E-state index contributed by atoms with van der Waals surface area (Å²) in [4.78, 5) is 25.0. The van der Waals surface area contributed by atoms with Crippen LogP contribution in [0.5, 0.6) is 5.75 Å². The summed E-state index contributed by atoms with van der Waals surface area (Å²) < 4.78 is 10.0. The highest BCUT2D eigenvalue weighted by molar-refractivity contribution is 5.98. The number of rotatable bonds is 5. The molecule has 0 unspecified atom stereocenters. The molecule has 1 heterocycles. The smallest absolute Gasteiger partial charge is 0.250 e. The van der Waals surface area contributed by atoms with Crippen LogP contribution in [0.1, 0.15) is 12.8 Å². The average molecular weight is 278 g/mol. The first-order valence-corrected chi connectivity index (χ1v) is 6.43. The van der Waals surface area contributed by atoms with Crippen molar-refractivity contribution in [3.8, 4) is 5.75 Å². The first-order chi connectivity index (χ1) is 9.65. The average Bonchev–Trinajstić information content (AvgIpc) is 2.85. The number of benzene rings is 1. The van der Waals surface area contributed by atoms with Crippen molar-refractivity contribution < 1.29 is 19.1 Å². The molecule has 0 atom stereocenters. The van der Waals surface area contributed by atoms with Gasteiger partial charge >= 0.3 is 0 Å². The molecule has 1 aliphatic heterocycles. The normalized spacial score (nSPS) is 14.5. The monoisotopic (exact) mass is 278 g/mol. The zero-order chi connectivity index (χ0) is 14.5. The van der Waals surface area contributed by atoms with Gasteiger partial charge in [-0.25, -0.2) is 0 Å². The van der Waals surface area contributed by atoms with Crippen LogP contribution in [0, 0.1) is 0 Å². The summed E-state index contributed by atoms with van der Waals surface area (Å²) in [6.07, 6.45) is 1.38. The maximum atomic E-state index is 11.8. The number of methoxy groups -OCH3 is 2. The van der Waals surface area contributed by atoms with Crippen molar-refractivity contribution in [3.63, 3.8) is 0 Å². The van der Waals surface area contributed by atoms with Gasteiger partial charge in [-0.1, -0.05) is 0 Å². The number of carbonyl (C=O) groups excluding carboxylic acids is 2. The third kappa shape index (κ3) is 3.08. The van der Waals surface area contributed by atoms with Crippen LogP contribution in [-0.4, -0.2) is 39.2 Å². The van der Waals surface area contributed by atoms with E-state index in [0.29, 0.717) is 30.1 Å².